The number of rotatable bonds is 1. The second-order valence-corrected chi connectivity index (χ2v) is 7.00. The number of benzene rings is 2. The summed E-state index contributed by atoms with van der Waals surface area (Å²) in [7, 11) is 0. The van der Waals surface area contributed by atoms with Crippen molar-refractivity contribution >= 4 is 16.3 Å². The number of hydrogen-bond acceptors (Lipinski definition) is 1. The number of aliphatic hydroxyl groups excluding tert-OH is 1. The fourth-order valence-electron chi connectivity index (χ4n) is 2.15. The van der Waals surface area contributed by atoms with Crippen molar-refractivity contribution < 1.29 is 51.6 Å². The van der Waals surface area contributed by atoms with E-state index in [0.717, 1.165) is 6.42 Å². The van der Waals surface area contributed by atoms with Crippen LogP contribution in [0.4, 0.5) is 0 Å². The molecule has 2 aromatic carbocycles. The van der Waals surface area contributed by atoms with Gasteiger partial charge in [-0.25, -0.2) is 0 Å². The van der Waals surface area contributed by atoms with Crippen molar-refractivity contribution in [2.45, 2.75) is 34.1 Å². The number of aliphatic hydroxyl groups is 1. The molecule has 1 N–H and O–H groups in total. The Bertz CT molecular complexity index is 715. The maximum absolute atomic E-state index is 8.40. The molecule has 4 heteroatoms. The predicted molar refractivity (Wildman–Crippen MR) is 95.7 cm³/mol. The van der Waals surface area contributed by atoms with Gasteiger partial charge in [-0.3, -0.25) is 0 Å². The van der Waals surface area contributed by atoms with Crippen molar-refractivity contribution in [1.29, 1.82) is 0 Å². The fourth-order valence-corrected chi connectivity index (χ4v) is 2.15. The first-order chi connectivity index (χ1) is 10.4. The van der Waals surface area contributed by atoms with Crippen molar-refractivity contribution in [3.63, 3.8) is 0 Å². The van der Waals surface area contributed by atoms with E-state index >= 15 is 0 Å². The van der Waals surface area contributed by atoms with E-state index in [4.69, 9.17) is 5.11 Å². The first kappa shape index (κ1) is 26.7. The van der Waals surface area contributed by atoms with Gasteiger partial charge in [-0.2, -0.15) is 0 Å². The molecule has 0 bridgehead atoms. The van der Waals surface area contributed by atoms with Crippen LogP contribution in [0.1, 0.15) is 39.7 Å². The van der Waals surface area contributed by atoms with Gasteiger partial charge >= 0.3 is 21.7 Å². The summed E-state index contributed by atoms with van der Waals surface area (Å²) in [6.07, 6.45) is 5.56. The van der Waals surface area contributed by atoms with Crippen LogP contribution in [0.15, 0.2) is 54.1 Å². The van der Waals surface area contributed by atoms with Crippen molar-refractivity contribution in [2.24, 2.45) is 5.41 Å². The standard InChI is InChI=1S/C16H13.C5H12O.2ClH.Ti/c1-12-6-7-15(10-12)16-9-8-13-4-2-3-5-14(13)11-16;1-5(2,3)4-6;;;/h2-6,8-10H,7H2,1H3;6H,4H2,1-3H3;2*1H;/q-1;;;;+3/p-2. The van der Waals surface area contributed by atoms with Crippen LogP contribution in [0, 0.1) is 11.5 Å². The first-order valence-corrected chi connectivity index (χ1v) is 7.79. The second kappa shape index (κ2) is 11.9. The molecule has 0 atom stereocenters. The van der Waals surface area contributed by atoms with E-state index in [1.807, 2.05) is 20.8 Å². The van der Waals surface area contributed by atoms with Gasteiger partial charge in [0.15, 0.2) is 0 Å². The second-order valence-electron chi connectivity index (χ2n) is 7.00. The summed E-state index contributed by atoms with van der Waals surface area (Å²) in [6.45, 7) is 8.40. The molecule has 1 aliphatic carbocycles. The van der Waals surface area contributed by atoms with Crippen LogP contribution < -0.4 is 24.8 Å². The molecule has 0 aromatic heterocycles. The van der Waals surface area contributed by atoms with Gasteiger partial charge in [0.2, 0.25) is 0 Å². The Morgan fingerprint density at radius 1 is 1.04 bits per heavy atom. The Morgan fingerprint density at radius 2 is 1.64 bits per heavy atom. The number of allylic oxidation sites excluding steroid dienone is 4. The van der Waals surface area contributed by atoms with E-state index < -0.39 is 0 Å². The van der Waals surface area contributed by atoms with E-state index in [1.165, 1.54) is 27.5 Å². The average molecular weight is 412 g/mol. The molecule has 0 spiro atoms. The van der Waals surface area contributed by atoms with Crippen LogP contribution in [0.3, 0.4) is 0 Å². The molecule has 1 aliphatic rings. The molecule has 1 nitrogen and oxygen atoms in total. The van der Waals surface area contributed by atoms with Crippen LogP contribution in [-0.4, -0.2) is 11.7 Å². The van der Waals surface area contributed by atoms with Gasteiger partial charge in [0.05, 0.1) is 0 Å². The minimum atomic E-state index is 0. The van der Waals surface area contributed by atoms with Gasteiger partial charge in [-0.15, -0.1) is 40.8 Å². The third-order valence-corrected chi connectivity index (χ3v) is 3.53. The Morgan fingerprint density at radius 3 is 2.16 bits per heavy atom. The maximum Gasteiger partial charge on any atom is 3.00 e. The quantitative estimate of drug-likeness (QED) is 0.491. The number of hydrogen-bond donors (Lipinski definition) is 1. The molecule has 0 unspecified atom stereocenters. The molecule has 3 rings (SSSR count). The third-order valence-electron chi connectivity index (χ3n) is 3.53. The van der Waals surface area contributed by atoms with Gasteiger partial charge in [-0.1, -0.05) is 62.1 Å². The Kier molecular flexibility index (Phi) is 12.7. The van der Waals surface area contributed by atoms with Gasteiger partial charge in [0.25, 0.3) is 0 Å². The summed E-state index contributed by atoms with van der Waals surface area (Å²) in [4.78, 5) is 0. The van der Waals surface area contributed by atoms with Gasteiger partial charge in [0, 0.05) is 6.61 Å². The smallest absolute Gasteiger partial charge is 1.00 e. The van der Waals surface area contributed by atoms with Gasteiger partial charge < -0.3 is 29.9 Å². The van der Waals surface area contributed by atoms with E-state index in [1.54, 1.807) is 0 Å². The summed E-state index contributed by atoms with van der Waals surface area (Å²) < 4.78 is 0. The molecule has 0 aliphatic heterocycles. The molecule has 133 valence electrons. The fraction of sp³-hybridized carbons (Fsp3) is 0.333. The summed E-state index contributed by atoms with van der Waals surface area (Å²) in [6, 6.07) is 16.2. The summed E-state index contributed by atoms with van der Waals surface area (Å²) in [5, 5.41) is 10.9. The Balaban J connectivity index is 0. The number of fused-ring (bicyclic) bond motifs is 1. The molecule has 0 heterocycles. The average Bonchev–Trinajstić information content (AvgIpc) is 2.93. The molecule has 0 fully saturated rings. The van der Waals surface area contributed by atoms with Crippen molar-refractivity contribution in [1.82, 2.24) is 0 Å². The summed E-state index contributed by atoms with van der Waals surface area (Å²) in [5.41, 5.74) is 4.06. The molecule has 1 radical (unpaired) electrons. The Hall–Kier alpha value is -0.566. The predicted octanol–water partition coefficient (Wildman–Crippen LogP) is -0.596. The molecular formula is C21H25Cl2OTi. The summed E-state index contributed by atoms with van der Waals surface area (Å²) >= 11 is 0. The van der Waals surface area contributed by atoms with E-state index in [9.17, 15) is 0 Å². The minimum absolute atomic E-state index is 0. The van der Waals surface area contributed by atoms with Crippen LogP contribution in [0.25, 0.3) is 16.3 Å². The monoisotopic (exact) mass is 411 g/mol. The van der Waals surface area contributed by atoms with E-state index in [2.05, 4.69) is 61.5 Å². The number of halogens is 2. The van der Waals surface area contributed by atoms with E-state index in [0.29, 0.717) is 0 Å². The topological polar surface area (TPSA) is 20.2 Å². The molecular weight excluding hydrogens is 387 g/mol. The van der Waals surface area contributed by atoms with Crippen molar-refractivity contribution in [3.8, 4) is 0 Å². The van der Waals surface area contributed by atoms with Crippen LogP contribution >= 0.6 is 0 Å². The Labute approximate surface area is 179 Å². The zero-order valence-corrected chi connectivity index (χ0v) is 18.3. The zero-order chi connectivity index (χ0) is 16.2. The summed E-state index contributed by atoms with van der Waals surface area (Å²) in [5.74, 6) is 0. The molecule has 0 amide bonds. The van der Waals surface area contributed by atoms with Crippen LogP contribution in [0.2, 0.25) is 0 Å². The van der Waals surface area contributed by atoms with Crippen LogP contribution in [0.5, 0.6) is 0 Å². The van der Waals surface area contributed by atoms with Gasteiger partial charge in [0.1, 0.15) is 0 Å². The molecule has 2 aromatic rings. The van der Waals surface area contributed by atoms with E-state index in [-0.39, 0.29) is 58.6 Å². The van der Waals surface area contributed by atoms with Crippen molar-refractivity contribution in [3.05, 3.63) is 65.8 Å². The molecule has 0 saturated carbocycles. The third kappa shape index (κ3) is 8.57. The normalized spacial score (nSPS) is 12.5. The molecule has 0 saturated heterocycles. The maximum atomic E-state index is 8.40. The largest absolute Gasteiger partial charge is 3.00 e. The van der Waals surface area contributed by atoms with Crippen LogP contribution in [-0.2, 0) is 21.7 Å². The van der Waals surface area contributed by atoms with Crippen molar-refractivity contribution in [2.75, 3.05) is 6.61 Å². The first-order valence-electron chi connectivity index (χ1n) is 7.79. The minimum Gasteiger partial charge on any atom is -1.00 e. The SMILES string of the molecule is CC(C)(C)CO.CC1=CCC(c2[c-]c3ccccc3cc2)=C1.[Cl-].[Cl-].[Ti+3]. The zero-order valence-electron chi connectivity index (χ0n) is 15.2. The van der Waals surface area contributed by atoms with Gasteiger partial charge in [-0.05, 0) is 18.8 Å². The molecule has 25 heavy (non-hydrogen) atoms.